The van der Waals surface area contributed by atoms with Gasteiger partial charge in [-0.25, -0.2) is 4.79 Å². The highest BCUT2D eigenvalue weighted by Crippen LogP contribution is 2.49. The van der Waals surface area contributed by atoms with E-state index in [-0.39, 0.29) is 6.10 Å². The van der Waals surface area contributed by atoms with E-state index in [1.54, 1.807) is 13.2 Å². The Balaban J connectivity index is 2.25. The molecule has 0 saturated heterocycles. The van der Waals surface area contributed by atoms with Gasteiger partial charge >= 0.3 is 5.97 Å². The van der Waals surface area contributed by atoms with Crippen LogP contribution in [0.15, 0.2) is 36.0 Å². The Hall–Kier alpha value is -1.35. The van der Waals surface area contributed by atoms with Crippen LogP contribution in [0, 0.1) is 29.6 Å². The predicted octanol–water partition coefficient (Wildman–Crippen LogP) is 4.07. The summed E-state index contributed by atoms with van der Waals surface area (Å²) in [4.78, 5) is 10.6. The molecule has 0 aliphatic heterocycles. The van der Waals surface area contributed by atoms with E-state index in [1.165, 1.54) is 24.5 Å². The Bertz CT molecular complexity index is 489. The van der Waals surface area contributed by atoms with Crippen LogP contribution >= 0.6 is 0 Å². The third-order valence-electron chi connectivity index (χ3n) is 5.33. The van der Waals surface area contributed by atoms with E-state index in [1.807, 2.05) is 6.08 Å². The lowest BCUT2D eigenvalue weighted by Crippen LogP contribution is -2.44. The third-order valence-corrected chi connectivity index (χ3v) is 5.33. The van der Waals surface area contributed by atoms with Gasteiger partial charge in [0, 0.05) is 19.1 Å². The van der Waals surface area contributed by atoms with Crippen LogP contribution in [0.25, 0.3) is 0 Å². The first-order valence-electron chi connectivity index (χ1n) is 8.23. The Morgan fingerprint density at radius 2 is 2.05 bits per heavy atom. The molecule has 0 bridgehead atoms. The summed E-state index contributed by atoms with van der Waals surface area (Å²) in [7, 11) is 1.81. The molecule has 2 aliphatic carbocycles. The normalized spacial score (nSPS) is 39.0. The van der Waals surface area contributed by atoms with Crippen LogP contribution in [0.2, 0.25) is 0 Å². The molecule has 122 valence electrons. The smallest absolute Gasteiger partial charge is 0.328 e. The molecule has 0 aromatic rings. The van der Waals surface area contributed by atoms with Crippen molar-refractivity contribution < 1.29 is 14.6 Å². The molecule has 2 aliphatic rings. The van der Waals surface area contributed by atoms with Crippen LogP contribution in [0.1, 0.15) is 33.6 Å². The summed E-state index contributed by atoms with van der Waals surface area (Å²) < 4.78 is 5.74. The molecule has 0 aromatic heterocycles. The number of ether oxygens (including phenoxy) is 1. The maximum absolute atomic E-state index is 10.6. The van der Waals surface area contributed by atoms with Crippen LogP contribution in [0.3, 0.4) is 0 Å². The van der Waals surface area contributed by atoms with Crippen molar-refractivity contribution in [2.24, 2.45) is 29.6 Å². The summed E-state index contributed by atoms with van der Waals surface area (Å²) in [6.07, 6.45) is 11.8. The fourth-order valence-corrected chi connectivity index (χ4v) is 4.55. The monoisotopic (exact) mass is 304 g/mol. The van der Waals surface area contributed by atoms with E-state index in [2.05, 4.69) is 32.9 Å². The van der Waals surface area contributed by atoms with E-state index in [9.17, 15) is 4.79 Å². The van der Waals surface area contributed by atoms with Gasteiger partial charge in [0.25, 0.3) is 0 Å². The topological polar surface area (TPSA) is 46.5 Å². The summed E-state index contributed by atoms with van der Waals surface area (Å²) in [6.45, 7) is 6.86. The molecule has 0 unspecified atom stereocenters. The van der Waals surface area contributed by atoms with Crippen molar-refractivity contribution >= 4 is 5.97 Å². The van der Waals surface area contributed by atoms with E-state index < -0.39 is 5.97 Å². The summed E-state index contributed by atoms with van der Waals surface area (Å²) in [5.41, 5.74) is 1.34. The first-order valence-corrected chi connectivity index (χ1v) is 8.23. The van der Waals surface area contributed by atoms with E-state index in [0.29, 0.717) is 23.7 Å². The third kappa shape index (κ3) is 3.70. The fourth-order valence-electron chi connectivity index (χ4n) is 4.55. The molecule has 1 saturated carbocycles. The molecule has 1 N–H and O–H groups in total. The van der Waals surface area contributed by atoms with Gasteiger partial charge < -0.3 is 9.84 Å². The number of fused-ring (bicyclic) bond motifs is 1. The van der Waals surface area contributed by atoms with Crippen molar-refractivity contribution in [2.75, 3.05) is 7.11 Å². The molecule has 6 atom stereocenters. The fraction of sp³-hybridized carbons (Fsp3) is 0.632. The average Bonchev–Trinajstić information content (AvgIpc) is 2.44. The highest BCUT2D eigenvalue weighted by molar-refractivity contribution is 5.80. The minimum atomic E-state index is -0.905. The Labute approximate surface area is 133 Å². The highest BCUT2D eigenvalue weighted by atomic mass is 16.5. The maximum Gasteiger partial charge on any atom is 0.328 e. The van der Waals surface area contributed by atoms with Gasteiger partial charge in [-0.15, -0.1) is 0 Å². The summed E-state index contributed by atoms with van der Waals surface area (Å²) >= 11 is 0. The molecule has 2 rings (SSSR count). The van der Waals surface area contributed by atoms with Gasteiger partial charge in [-0.1, -0.05) is 43.7 Å². The molecule has 22 heavy (non-hydrogen) atoms. The molecule has 3 nitrogen and oxygen atoms in total. The molecule has 0 heterocycles. The quantitative estimate of drug-likeness (QED) is 0.484. The van der Waals surface area contributed by atoms with Gasteiger partial charge in [0.2, 0.25) is 0 Å². The maximum atomic E-state index is 10.6. The number of carboxylic acid groups (broad SMARTS) is 1. The van der Waals surface area contributed by atoms with Gasteiger partial charge in [0.15, 0.2) is 0 Å². The molecule has 3 heteroatoms. The number of carboxylic acids is 1. The van der Waals surface area contributed by atoms with Crippen LogP contribution in [0.5, 0.6) is 0 Å². The van der Waals surface area contributed by atoms with Crippen LogP contribution in [-0.2, 0) is 9.53 Å². The molecule has 0 radical (unpaired) electrons. The number of allylic oxidation sites excluding steroid dienone is 4. The first-order chi connectivity index (χ1) is 10.4. The minimum Gasteiger partial charge on any atom is -0.478 e. The average molecular weight is 304 g/mol. The van der Waals surface area contributed by atoms with Crippen LogP contribution in [-0.4, -0.2) is 24.3 Å². The van der Waals surface area contributed by atoms with Crippen molar-refractivity contribution in [1.82, 2.24) is 0 Å². The van der Waals surface area contributed by atoms with Gasteiger partial charge in [-0.05, 0) is 43.4 Å². The number of hydrogen-bond donors (Lipinski definition) is 1. The summed E-state index contributed by atoms with van der Waals surface area (Å²) in [6, 6.07) is 0. The number of carbonyl (C=O) groups is 1. The molecule has 0 aromatic carbocycles. The van der Waals surface area contributed by atoms with Crippen molar-refractivity contribution in [3.05, 3.63) is 36.0 Å². The number of methoxy groups -OCH3 is 1. The SMILES string of the molecule is CO[C@@H]1C=C(C)[C@H](C=CC=CC(=O)O)[C@@H]2[C@@H]1C[C@@H](C)C[C@H]2C. The van der Waals surface area contributed by atoms with E-state index in [4.69, 9.17) is 9.84 Å². The molecule has 1 fully saturated rings. The second kappa shape index (κ2) is 7.28. The van der Waals surface area contributed by atoms with Crippen molar-refractivity contribution in [1.29, 1.82) is 0 Å². The van der Waals surface area contributed by atoms with Gasteiger partial charge in [0.05, 0.1) is 6.10 Å². The Morgan fingerprint density at radius 3 is 2.68 bits per heavy atom. The van der Waals surface area contributed by atoms with Crippen molar-refractivity contribution in [2.45, 2.75) is 39.7 Å². The molecule has 0 spiro atoms. The second-order valence-corrected chi connectivity index (χ2v) is 7.01. The second-order valence-electron chi connectivity index (χ2n) is 7.01. The zero-order valence-corrected chi connectivity index (χ0v) is 14.0. The summed E-state index contributed by atoms with van der Waals surface area (Å²) in [5.74, 6) is 2.03. The summed E-state index contributed by atoms with van der Waals surface area (Å²) in [5, 5.41) is 8.68. The van der Waals surface area contributed by atoms with Crippen LogP contribution in [0.4, 0.5) is 0 Å². The first kappa shape index (κ1) is 17.0. The lowest BCUT2D eigenvalue weighted by atomic mass is 9.58. The number of hydrogen-bond acceptors (Lipinski definition) is 2. The van der Waals surface area contributed by atoms with Crippen LogP contribution < -0.4 is 0 Å². The molecular weight excluding hydrogens is 276 g/mol. The van der Waals surface area contributed by atoms with Crippen molar-refractivity contribution in [3.63, 3.8) is 0 Å². The molecular formula is C19H28O3. The zero-order chi connectivity index (χ0) is 16.3. The standard InChI is InChI=1S/C19H28O3/c1-12-9-14(3)19-15(7-5-6-8-18(20)21)13(2)11-17(22-4)16(19)10-12/h5-8,11-12,14-17,19H,9-10H2,1-4H3,(H,20,21)/t12-,14+,15-,16+,17+,19+/m0/s1. The lowest BCUT2D eigenvalue weighted by Gasteiger charge is -2.48. The Morgan fingerprint density at radius 1 is 1.32 bits per heavy atom. The van der Waals surface area contributed by atoms with E-state index in [0.717, 1.165) is 5.92 Å². The van der Waals surface area contributed by atoms with Gasteiger partial charge in [0.1, 0.15) is 0 Å². The zero-order valence-electron chi connectivity index (χ0n) is 14.0. The lowest BCUT2D eigenvalue weighted by molar-refractivity contribution is -0.131. The Kier molecular flexibility index (Phi) is 5.63. The highest BCUT2D eigenvalue weighted by Gasteiger charge is 2.44. The number of rotatable bonds is 4. The van der Waals surface area contributed by atoms with E-state index >= 15 is 0 Å². The minimum absolute atomic E-state index is 0.217. The number of aliphatic carboxylic acids is 1. The van der Waals surface area contributed by atoms with Gasteiger partial charge in [-0.2, -0.15) is 0 Å². The largest absolute Gasteiger partial charge is 0.478 e. The predicted molar refractivity (Wildman–Crippen MR) is 88.5 cm³/mol. The van der Waals surface area contributed by atoms with Crippen molar-refractivity contribution in [3.8, 4) is 0 Å². The molecule has 0 amide bonds. The van der Waals surface area contributed by atoms with Gasteiger partial charge in [-0.3, -0.25) is 0 Å².